The number of aliphatic hydroxyl groups excluding tert-OH is 1. The van der Waals surface area contributed by atoms with E-state index in [4.69, 9.17) is 4.42 Å². The Balaban J connectivity index is 1.54. The first-order chi connectivity index (χ1) is 13.3. The second-order valence-electron chi connectivity index (χ2n) is 7.18. The van der Waals surface area contributed by atoms with Gasteiger partial charge in [-0.05, 0) is 57.5 Å². The van der Waals surface area contributed by atoms with Crippen molar-refractivity contribution < 1.29 is 9.52 Å². The van der Waals surface area contributed by atoms with Crippen molar-refractivity contribution in [2.75, 3.05) is 19.6 Å². The molecule has 2 aromatic heterocycles. The van der Waals surface area contributed by atoms with E-state index in [1.807, 2.05) is 36.7 Å². The van der Waals surface area contributed by atoms with Gasteiger partial charge in [-0.25, -0.2) is 4.98 Å². The summed E-state index contributed by atoms with van der Waals surface area (Å²) < 4.78 is 8.04. The molecule has 0 unspecified atom stereocenters. The number of aryl methyl sites for hydroxylation is 1. The van der Waals surface area contributed by atoms with E-state index >= 15 is 0 Å². The highest BCUT2D eigenvalue weighted by molar-refractivity contribution is 5.76. The number of benzene rings is 1. The minimum absolute atomic E-state index is 0.0926. The molecular weight excluding hydrogens is 338 g/mol. The molecule has 0 spiro atoms. The molecule has 0 amide bonds. The van der Waals surface area contributed by atoms with Crippen LogP contribution in [0.15, 0.2) is 53.2 Å². The molecule has 3 heterocycles. The summed E-state index contributed by atoms with van der Waals surface area (Å²) in [4.78, 5) is 7.24. The molecular formula is C22H27N3O2. The van der Waals surface area contributed by atoms with Crippen molar-refractivity contribution >= 4 is 0 Å². The molecule has 0 radical (unpaired) electrons. The zero-order chi connectivity index (χ0) is 18.5. The highest BCUT2D eigenvalue weighted by Gasteiger charge is 2.18. The number of likely N-dealkylation sites (tertiary alicyclic amines) is 1. The summed E-state index contributed by atoms with van der Waals surface area (Å²) in [5, 5.41) is 9.36. The third-order valence-corrected chi connectivity index (χ3v) is 5.26. The van der Waals surface area contributed by atoms with E-state index in [9.17, 15) is 5.11 Å². The lowest BCUT2D eigenvalue weighted by Crippen LogP contribution is -2.20. The van der Waals surface area contributed by atoms with Gasteiger partial charge in [0.15, 0.2) is 5.76 Å². The predicted octanol–water partition coefficient (Wildman–Crippen LogP) is 4.18. The Morgan fingerprint density at radius 3 is 2.48 bits per heavy atom. The Hall–Kier alpha value is -2.37. The van der Waals surface area contributed by atoms with Crippen LogP contribution in [0.3, 0.4) is 0 Å². The fourth-order valence-electron chi connectivity index (χ4n) is 3.83. The summed E-state index contributed by atoms with van der Waals surface area (Å²) in [6.45, 7) is 4.52. The van der Waals surface area contributed by atoms with Crippen molar-refractivity contribution in [3.8, 4) is 22.7 Å². The van der Waals surface area contributed by atoms with Crippen LogP contribution >= 0.6 is 0 Å². The van der Waals surface area contributed by atoms with Crippen molar-refractivity contribution in [3.05, 3.63) is 54.6 Å². The Kier molecular flexibility index (Phi) is 5.70. The van der Waals surface area contributed by atoms with E-state index in [1.165, 1.54) is 38.9 Å². The van der Waals surface area contributed by atoms with Crippen LogP contribution in [0.5, 0.6) is 0 Å². The van der Waals surface area contributed by atoms with Gasteiger partial charge in [-0.3, -0.25) is 0 Å². The van der Waals surface area contributed by atoms with Gasteiger partial charge in [0.05, 0.1) is 12.0 Å². The van der Waals surface area contributed by atoms with Crippen LogP contribution in [0.2, 0.25) is 0 Å². The number of hydrogen-bond donors (Lipinski definition) is 1. The van der Waals surface area contributed by atoms with Crippen molar-refractivity contribution in [2.24, 2.45) is 0 Å². The van der Waals surface area contributed by atoms with Gasteiger partial charge in [0.1, 0.15) is 18.1 Å². The minimum atomic E-state index is -0.0926. The number of aromatic nitrogens is 2. The van der Waals surface area contributed by atoms with Gasteiger partial charge in [0.2, 0.25) is 0 Å². The van der Waals surface area contributed by atoms with Crippen LogP contribution < -0.4 is 0 Å². The maximum absolute atomic E-state index is 9.36. The third kappa shape index (κ3) is 4.15. The van der Waals surface area contributed by atoms with E-state index in [0.29, 0.717) is 5.76 Å². The van der Waals surface area contributed by atoms with E-state index < -0.39 is 0 Å². The van der Waals surface area contributed by atoms with E-state index in [2.05, 4.69) is 26.6 Å². The molecule has 1 aliphatic rings. The summed E-state index contributed by atoms with van der Waals surface area (Å²) >= 11 is 0. The maximum atomic E-state index is 9.36. The highest BCUT2D eigenvalue weighted by Crippen LogP contribution is 2.32. The quantitative estimate of drug-likeness (QED) is 0.609. The predicted molar refractivity (Wildman–Crippen MR) is 106 cm³/mol. The Morgan fingerprint density at radius 2 is 1.74 bits per heavy atom. The standard InChI is InChI=1S/C22H27N3O2/c26-16-19-10-11-20(27-19)22-21(18-8-2-1-3-9-18)23-17-25(22)15-7-6-14-24-12-4-5-13-24/h1-3,8-11,17,26H,4-7,12-16H2. The molecule has 1 aromatic carbocycles. The average molecular weight is 365 g/mol. The first kappa shape index (κ1) is 18.0. The van der Waals surface area contributed by atoms with Gasteiger partial charge in [0.25, 0.3) is 0 Å². The van der Waals surface area contributed by atoms with Crippen LogP contribution in [-0.2, 0) is 13.2 Å². The second kappa shape index (κ2) is 8.55. The molecule has 1 aliphatic heterocycles. The summed E-state index contributed by atoms with van der Waals surface area (Å²) in [5.74, 6) is 1.33. The number of aliphatic hydroxyl groups is 1. The largest absolute Gasteiger partial charge is 0.457 e. The first-order valence-electron chi connectivity index (χ1n) is 9.88. The lowest BCUT2D eigenvalue weighted by molar-refractivity contribution is 0.248. The van der Waals surface area contributed by atoms with Gasteiger partial charge in [-0.2, -0.15) is 0 Å². The highest BCUT2D eigenvalue weighted by atomic mass is 16.4. The fourth-order valence-corrected chi connectivity index (χ4v) is 3.83. The monoisotopic (exact) mass is 365 g/mol. The lowest BCUT2D eigenvalue weighted by atomic mass is 10.1. The molecule has 1 N–H and O–H groups in total. The first-order valence-corrected chi connectivity index (χ1v) is 9.88. The fraction of sp³-hybridized carbons (Fsp3) is 0.409. The van der Waals surface area contributed by atoms with Gasteiger partial charge >= 0.3 is 0 Å². The van der Waals surface area contributed by atoms with Gasteiger partial charge in [0, 0.05) is 12.1 Å². The Labute approximate surface area is 160 Å². The number of imidazole rings is 1. The normalized spacial score (nSPS) is 14.9. The molecule has 4 rings (SSSR count). The van der Waals surface area contributed by atoms with Gasteiger partial charge in [-0.1, -0.05) is 30.3 Å². The van der Waals surface area contributed by atoms with E-state index in [-0.39, 0.29) is 6.61 Å². The number of rotatable bonds is 8. The SMILES string of the molecule is OCc1ccc(-c2c(-c3ccccc3)ncn2CCCCN2CCCC2)o1. The molecule has 1 saturated heterocycles. The Morgan fingerprint density at radius 1 is 0.963 bits per heavy atom. The van der Waals surface area contributed by atoms with Crippen LogP contribution in [0.1, 0.15) is 31.4 Å². The minimum Gasteiger partial charge on any atom is -0.457 e. The third-order valence-electron chi connectivity index (χ3n) is 5.26. The molecule has 5 nitrogen and oxygen atoms in total. The molecule has 3 aromatic rings. The number of unbranched alkanes of at least 4 members (excludes halogenated alkanes) is 1. The molecule has 0 bridgehead atoms. The van der Waals surface area contributed by atoms with Gasteiger partial charge in [-0.15, -0.1) is 0 Å². The maximum Gasteiger partial charge on any atom is 0.153 e. The van der Waals surface area contributed by atoms with Crippen LogP contribution in [0, 0.1) is 0 Å². The van der Waals surface area contributed by atoms with Crippen molar-refractivity contribution in [3.63, 3.8) is 0 Å². The van der Waals surface area contributed by atoms with Crippen LogP contribution in [0.25, 0.3) is 22.7 Å². The smallest absolute Gasteiger partial charge is 0.153 e. The van der Waals surface area contributed by atoms with E-state index in [1.54, 1.807) is 0 Å². The average Bonchev–Trinajstić information content (AvgIpc) is 3.46. The summed E-state index contributed by atoms with van der Waals surface area (Å²) in [6, 6.07) is 13.9. The van der Waals surface area contributed by atoms with Crippen molar-refractivity contribution in [1.82, 2.24) is 14.5 Å². The Bertz CT molecular complexity index is 848. The summed E-state index contributed by atoms with van der Waals surface area (Å²) in [6.07, 6.45) is 6.91. The number of hydrogen-bond acceptors (Lipinski definition) is 4. The van der Waals surface area contributed by atoms with Crippen LogP contribution in [0.4, 0.5) is 0 Å². The molecule has 0 aliphatic carbocycles. The zero-order valence-corrected chi connectivity index (χ0v) is 15.7. The molecule has 27 heavy (non-hydrogen) atoms. The number of furan rings is 1. The molecule has 142 valence electrons. The van der Waals surface area contributed by atoms with Gasteiger partial charge < -0.3 is 19.0 Å². The second-order valence-corrected chi connectivity index (χ2v) is 7.18. The van der Waals surface area contributed by atoms with Crippen molar-refractivity contribution in [2.45, 2.75) is 38.8 Å². The molecule has 5 heteroatoms. The lowest BCUT2D eigenvalue weighted by Gasteiger charge is -2.14. The van der Waals surface area contributed by atoms with E-state index in [0.717, 1.165) is 35.7 Å². The van der Waals surface area contributed by atoms with Crippen LogP contribution in [-0.4, -0.2) is 39.2 Å². The number of nitrogens with zero attached hydrogens (tertiary/aromatic N) is 3. The van der Waals surface area contributed by atoms with Crippen molar-refractivity contribution in [1.29, 1.82) is 0 Å². The molecule has 1 fully saturated rings. The summed E-state index contributed by atoms with van der Waals surface area (Å²) in [7, 11) is 0. The summed E-state index contributed by atoms with van der Waals surface area (Å²) in [5.41, 5.74) is 2.99. The molecule has 0 saturated carbocycles. The topological polar surface area (TPSA) is 54.4 Å². The molecule has 0 atom stereocenters. The zero-order valence-electron chi connectivity index (χ0n) is 15.7.